The monoisotopic (exact) mass is 340 g/mol. The van der Waals surface area contributed by atoms with Crippen molar-refractivity contribution in [1.29, 1.82) is 0 Å². The number of pyridine rings is 1. The van der Waals surface area contributed by atoms with Crippen molar-refractivity contribution < 1.29 is 9.13 Å². The van der Waals surface area contributed by atoms with Crippen LogP contribution in [0.3, 0.4) is 0 Å². The zero-order valence-electron chi connectivity index (χ0n) is 9.77. The molecule has 0 fully saturated rings. The van der Waals surface area contributed by atoms with Gasteiger partial charge in [-0.15, -0.1) is 0 Å². The number of hydrogen-bond acceptors (Lipinski definition) is 3. The van der Waals surface area contributed by atoms with Crippen molar-refractivity contribution >= 4 is 33.1 Å². The first-order chi connectivity index (χ1) is 9.06. The van der Waals surface area contributed by atoms with Crippen LogP contribution in [0.4, 0.5) is 4.39 Å². The largest absolute Gasteiger partial charge is 0.487 e. The molecule has 0 aliphatic heterocycles. The van der Waals surface area contributed by atoms with Gasteiger partial charge in [-0.3, -0.25) is 4.98 Å². The minimum absolute atomic E-state index is 0.0265. The molecule has 0 saturated heterocycles. The Bertz CT molecular complexity index is 604. The number of thiocarbonyl (C=S) groups is 1. The van der Waals surface area contributed by atoms with Crippen LogP contribution in [-0.4, -0.2) is 9.97 Å². The Kier molecular flexibility index (Phi) is 4.44. The lowest BCUT2D eigenvalue weighted by Gasteiger charge is -2.07. The average Bonchev–Trinajstić information content (AvgIpc) is 2.37. The van der Waals surface area contributed by atoms with Gasteiger partial charge >= 0.3 is 0 Å². The van der Waals surface area contributed by atoms with Crippen LogP contribution < -0.4 is 10.5 Å². The molecule has 98 valence electrons. The number of ether oxygens (including phenoxy) is 1. The Hall–Kier alpha value is -1.53. The molecule has 19 heavy (non-hydrogen) atoms. The third kappa shape index (κ3) is 3.71. The fourth-order valence-corrected chi connectivity index (χ4v) is 1.83. The summed E-state index contributed by atoms with van der Waals surface area (Å²) in [6.07, 6.45) is 1.68. The van der Waals surface area contributed by atoms with Gasteiger partial charge in [-0.1, -0.05) is 12.2 Å². The molecule has 0 atom stereocenters. The van der Waals surface area contributed by atoms with Crippen molar-refractivity contribution in [1.82, 2.24) is 4.98 Å². The maximum Gasteiger partial charge on any atom is 0.137 e. The summed E-state index contributed by atoms with van der Waals surface area (Å²) < 4.78 is 19.9. The molecule has 2 aromatic rings. The summed E-state index contributed by atoms with van der Waals surface area (Å²) in [4.78, 5) is 4.18. The van der Waals surface area contributed by atoms with E-state index < -0.39 is 5.82 Å². The van der Waals surface area contributed by atoms with E-state index >= 15 is 0 Å². The quantitative estimate of drug-likeness (QED) is 0.868. The van der Waals surface area contributed by atoms with Gasteiger partial charge in [0.05, 0.1) is 5.69 Å². The predicted molar refractivity (Wildman–Crippen MR) is 78.6 cm³/mol. The van der Waals surface area contributed by atoms with Crippen LogP contribution in [0.5, 0.6) is 5.75 Å². The predicted octanol–water partition coefficient (Wildman–Crippen LogP) is 3.20. The molecule has 2 rings (SSSR count). The van der Waals surface area contributed by atoms with Gasteiger partial charge < -0.3 is 10.5 Å². The molecule has 0 radical (unpaired) electrons. The lowest BCUT2D eigenvalue weighted by Crippen LogP contribution is -2.11. The van der Waals surface area contributed by atoms with Crippen LogP contribution in [0.2, 0.25) is 0 Å². The summed E-state index contributed by atoms with van der Waals surface area (Å²) in [6, 6.07) is 8.07. The maximum absolute atomic E-state index is 13.6. The molecular formula is C13H10BrFN2OS. The molecule has 1 aromatic carbocycles. The molecule has 0 bridgehead atoms. The van der Waals surface area contributed by atoms with Crippen LogP contribution >= 0.6 is 28.1 Å². The Balaban J connectivity index is 2.06. The van der Waals surface area contributed by atoms with Crippen molar-refractivity contribution in [2.75, 3.05) is 0 Å². The lowest BCUT2D eigenvalue weighted by molar-refractivity contribution is 0.299. The third-order valence-electron chi connectivity index (χ3n) is 2.38. The van der Waals surface area contributed by atoms with Gasteiger partial charge in [0.15, 0.2) is 0 Å². The van der Waals surface area contributed by atoms with Crippen LogP contribution in [0, 0.1) is 5.82 Å². The van der Waals surface area contributed by atoms with Gasteiger partial charge in [0.1, 0.15) is 23.2 Å². The summed E-state index contributed by atoms with van der Waals surface area (Å²) in [5, 5.41) is 0. The number of nitrogens with two attached hydrogens (primary N) is 1. The first-order valence-corrected chi connectivity index (χ1v) is 6.59. The van der Waals surface area contributed by atoms with Gasteiger partial charge in [0, 0.05) is 22.3 Å². The second-order valence-electron chi connectivity index (χ2n) is 3.76. The molecule has 2 N–H and O–H groups in total. The van der Waals surface area contributed by atoms with E-state index in [1.807, 2.05) is 12.1 Å². The Morgan fingerprint density at radius 1 is 1.37 bits per heavy atom. The third-order valence-corrected chi connectivity index (χ3v) is 3.07. The van der Waals surface area contributed by atoms with Gasteiger partial charge in [-0.2, -0.15) is 0 Å². The van der Waals surface area contributed by atoms with Crippen molar-refractivity contribution in [3.8, 4) is 5.75 Å². The van der Waals surface area contributed by atoms with Crippen molar-refractivity contribution in [3.05, 3.63) is 58.1 Å². The second kappa shape index (κ2) is 6.08. The molecule has 0 unspecified atom stereocenters. The van der Waals surface area contributed by atoms with Crippen LogP contribution in [-0.2, 0) is 6.61 Å². The zero-order chi connectivity index (χ0) is 13.8. The first-order valence-electron chi connectivity index (χ1n) is 5.39. The highest BCUT2D eigenvalue weighted by molar-refractivity contribution is 9.10. The molecule has 0 amide bonds. The zero-order valence-corrected chi connectivity index (χ0v) is 12.2. The smallest absolute Gasteiger partial charge is 0.137 e. The number of halogens is 2. The van der Waals surface area contributed by atoms with Crippen molar-refractivity contribution in [2.24, 2.45) is 5.73 Å². The number of benzene rings is 1. The van der Waals surface area contributed by atoms with E-state index in [1.54, 1.807) is 12.3 Å². The SMILES string of the molecule is NC(=S)c1ccc(OCc2ccc(Br)cn2)cc1F. The number of aromatic nitrogens is 1. The van der Waals surface area contributed by atoms with Gasteiger partial charge in [0.25, 0.3) is 0 Å². The van der Waals surface area contributed by atoms with Crippen LogP contribution in [0.25, 0.3) is 0 Å². The van der Waals surface area contributed by atoms with Crippen LogP contribution in [0.1, 0.15) is 11.3 Å². The standard InChI is InChI=1S/C13H10BrFN2OS/c14-8-1-2-9(17-6-8)7-18-10-3-4-11(13(16)19)12(15)5-10/h1-6H,7H2,(H2,16,19). The minimum atomic E-state index is -0.492. The van der Waals surface area contributed by atoms with E-state index in [-0.39, 0.29) is 17.2 Å². The highest BCUT2D eigenvalue weighted by atomic mass is 79.9. The van der Waals surface area contributed by atoms with E-state index in [9.17, 15) is 4.39 Å². The highest BCUT2D eigenvalue weighted by Gasteiger charge is 2.06. The fraction of sp³-hybridized carbons (Fsp3) is 0.0769. The van der Waals surface area contributed by atoms with Gasteiger partial charge in [0.2, 0.25) is 0 Å². The molecule has 0 spiro atoms. The van der Waals surface area contributed by atoms with E-state index in [0.717, 1.165) is 10.2 Å². The molecule has 3 nitrogen and oxygen atoms in total. The molecule has 1 aromatic heterocycles. The van der Waals surface area contributed by atoms with Gasteiger partial charge in [-0.25, -0.2) is 4.39 Å². The minimum Gasteiger partial charge on any atom is -0.487 e. The topological polar surface area (TPSA) is 48.1 Å². The first kappa shape index (κ1) is 13.9. The molecule has 6 heteroatoms. The maximum atomic E-state index is 13.6. The second-order valence-corrected chi connectivity index (χ2v) is 5.12. The van der Waals surface area contributed by atoms with Crippen molar-refractivity contribution in [2.45, 2.75) is 6.61 Å². The van der Waals surface area contributed by atoms with E-state index in [2.05, 4.69) is 20.9 Å². The van der Waals surface area contributed by atoms with Crippen molar-refractivity contribution in [3.63, 3.8) is 0 Å². The molecule has 0 aliphatic carbocycles. The fourth-order valence-electron chi connectivity index (χ4n) is 1.43. The molecule has 0 aliphatic rings. The molecule has 0 saturated carbocycles. The summed E-state index contributed by atoms with van der Waals surface area (Å²) in [5.41, 5.74) is 6.34. The van der Waals surface area contributed by atoms with Crippen LogP contribution in [0.15, 0.2) is 41.0 Å². The van der Waals surface area contributed by atoms with E-state index in [1.165, 1.54) is 12.1 Å². The lowest BCUT2D eigenvalue weighted by atomic mass is 10.2. The Morgan fingerprint density at radius 3 is 2.74 bits per heavy atom. The van der Waals surface area contributed by atoms with E-state index in [4.69, 9.17) is 22.7 Å². The highest BCUT2D eigenvalue weighted by Crippen LogP contribution is 2.18. The Morgan fingerprint density at radius 2 is 2.16 bits per heavy atom. The average molecular weight is 341 g/mol. The molecule has 1 heterocycles. The molecular weight excluding hydrogens is 331 g/mol. The van der Waals surface area contributed by atoms with E-state index in [0.29, 0.717) is 5.75 Å². The number of rotatable bonds is 4. The van der Waals surface area contributed by atoms with Gasteiger partial charge in [-0.05, 0) is 40.2 Å². The summed E-state index contributed by atoms with van der Waals surface area (Å²) in [7, 11) is 0. The number of nitrogens with zero attached hydrogens (tertiary/aromatic N) is 1. The Labute approximate surface area is 123 Å². The normalized spacial score (nSPS) is 10.2. The number of hydrogen-bond donors (Lipinski definition) is 1. The summed E-state index contributed by atoms with van der Waals surface area (Å²) in [6.45, 7) is 0.263. The summed E-state index contributed by atoms with van der Waals surface area (Å²) in [5.74, 6) is -0.0871. The summed E-state index contributed by atoms with van der Waals surface area (Å²) >= 11 is 8.02.